The van der Waals surface area contributed by atoms with Crippen LogP contribution in [0.15, 0.2) is 157 Å². The number of ether oxygens (including phenoxy) is 2. The highest BCUT2D eigenvalue weighted by molar-refractivity contribution is 7.92. The quantitative estimate of drug-likeness (QED) is 0.0910. The Labute approximate surface area is 295 Å². The number of rotatable bonds is 11. The molecule has 51 heavy (non-hydrogen) atoms. The second-order valence-electron chi connectivity index (χ2n) is 11.2. The Kier molecular flexibility index (Phi) is 10.4. The molecular weight excluding hydrogens is 667 g/mol. The molecule has 6 rings (SSSR count). The van der Waals surface area contributed by atoms with Gasteiger partial charge in [-0.25, -0.2) is 18.0 Å². The van der Waals surface area contributed by atoms with E-state index in [2.05, 4.69) is 26.0 Å². The van der Waals surface area contributed by atoms with Gasteiger partial charge >= 0.3 is 12.1 Å². The number of benzene rings is 6. The summed E-state index contributed by atoms with van der Waals surface area (Å²) in [6, 6.07) is 41.7. The van der Waals surface area contributed by atoms with Gasteiger partial charge < -0.3 is 30.7 Å². The molecule has 4 amide bonds. The van der Waals surface area contributed by atoms with Gasteiger partial charge in [0.05, 0.1) is 22.0 Å². The summed E-state index contributed by atoms with van der Waals surface area (Å²) in [6.45, 7) is 1.86. The van der Waals surface area contributed by atoms with Crippen molar-refractivity contribution in [1.29, 1.82) is 0 Å². The van der Waals surface area contributed by atoms with E-state index in [0.717, 1.165) is 5.56 Å². The molecule has 0 aromatic heterocycles. The van der Waals surface area contributed by atoms with Crippen molar-refractivity contribution in [3.8, 4) is 23.0 Å². The summed E-state index contributed by atoms with van der Waals surface area (Å²) in [5.74, 6) is 2.52. The summed E-state index contributed by atoms with van der Waals surface area (Å²) in [5.41, 5.74) is 2.36. The van der Waals surface area contributed by atoms with E-state index >= 15 is 0 Å². The molecule has 0 atom stereocenters. The lowest BCUT2D eigenvalue weighted by molar-refractivity contribution is 0.261. The van der Waals surface area contributed by atoms with Crippen molar-refractivity contribution in [3.05, 3.63) is 157 Å². The fraction of sp³-hybridized carbons (Fsp3) is 0.0256. The third-order valence-corrected chi connectivity index (χ3v) is 8.68. The normalized spacial score (nSPS) is 10.8. The number of amides is 4. The number of urea groups is 2. The van der Waals surface area contributed by atoms with Crippen LogP contribution in [0.1, 0.15) is 5.56 Å². The highest BCUT2D eigenvalue weighted by Gasteiger charge is 2.17. The van der Waals surface area contributed by atoms with Crippen LogP contribution in [0.25, 0.3) is 0 Å². The molecule has 0 spiro atoms. The van der Waals surface area contributed by atoms with Crippen molar-refractivity contribution in [3.63, 3.8) is 0 Å². The predicted molar refractivity (Wildman–Crippen MR) is 200 cm³/mol. The highest BCUT2D eigenvalue weighted by atomic mass is 32.2. The first kappa shape index (κ1) is 34.1. The Morgan fingerprint density at radius 1 is 0.471 bits per heavy atom. The van der Waals surface area contributed by atoms with Gasteiger partial charge in [0.15, 0.2) is 0 Å². The number of anilines is 5. The minimum absolute atomic E-state index is 0.0711. The second kappa shape index (κ2) is 15.6. The highest BCUT2D eigenvalue weighted by Crippen LogP contribution is 2.29. The molecule has 256 valence electrons. The molecule has 0 unspecified atom stereocenters. The van der Waals surface area contributed by atoms with E-state index in [1.54, 1.807) is 60.7 Å². The van der Waals surface area contributed by atoms with Gasteiger partial charge in [-0.05, 0) is 110 Å². The van der Waals surface area contributed by atoms with E-state index in [-0.39, 0.29) is 22.0 Å². The van der Waals surface area contributed by atoms with Gasteiger partial charge in [-0.1, -0.05) is 54.1 Å². The van der Waals surface area contributed by atoms with Crippen LogP contribution in [0.3, 0.4) is 0 Å². The summed E-state index contributed by atoms with van der Waals surface area (Å²) in [7, 11) is -3.95. The molecule has 0 bridgehead atoms. The Morgan fingerprint density at radius 2 is 0.902 bits per heavy atom. The van der Waals surface area contributed by atoms with Crippen LogP contribution in [0.2, 0.25) is 0 Å². The number of hydrogen-bond acceptors (Lipinski definition) is 6. The van der Waals surface area contributed by atoms with E-state index < -0.39 is 22.1 Å². The SMILES string of the molecule is Cc1ccc(S(=O)(=O)Nc2ccc(NC(=O)Nc3ccc(Oc4ccccc4)cc3)c(NC(=O)Nc3ccc(Oc4ccccc4)cc3)c2)cc1. The molecule has 6 aromatic rings. The fourth-order valence-corrected chi connectivity index (χ4v) is 5.83. The zero-order chi connectivity index (χ0) is 35.6. The topological polar surface area (TPSA) is 147 Å². The fourth-order valence-electron chi connectivity index (χ4n) is 4.78. The number of carbonyl (C=O) groups excluding carboxylic acids is 2. The summed E-state index contributed by atoms with van der Waals surface area (Å²) < 4.78 is 40.4. The monoisotopic (exact) mass is 699 g/mol. The molecule has 0 fully saturated rings. The summed E-state index contributed by atoms with van der Waals surface area (Å²) in [4.78, 5) is 26.3. The zero-order valence-electron chi connectivity index (χ0n) is 27.3. The number of hydrogen-bond donors (Lipinski definition) is 5. The van der Waals surface area contributed by atoms with E-state index in [9.17, 15) is 18.0 Å². The third kappa shape index (κ3) is 9.65. The van der Waals surface area contributed by atoms with Crippen molar-refractivity contribution < 1.29 is 27.5 Å². The number of nitrogens with one attached hydrogen (secondary N) is 5. The largest absolute Gasteiger partial charge is 0.457 e. The molecule has 5 N–H and O–H groups in total. The number of carbonyl (C=O) groups is 2. The van der Waals surface area contributed by atoms with E-state index in [4.69, 9.17) is 9.47 Å². The van der Waals surface area contributed by atoms with Crippen LogP contribution >= 0.6 is 0 Å². The average molecular weight is 700 g/mol. The first-order valence-corrected chi connectivity index (χ1v) is 17.2. The number of aryl methyl sites for hydroxylation is 1. The van der Waals surface area contributed by atoms with E-state index in [1.807, 2.05) is 67.6 Å². The van der Waals surface area contributed by atoms with Crippen molar-refractivity contribution in [2.45, 2.75) is 11.8 Å². The summed E-state index contributed by atoms with van der Waals surface area (Å²) in [6.07, 6.45) is 0. The number of para-hydroxylation sites is 2. The van der Waals surface area contributed by atoms with Crippen LogP contribution < -0.4 is 35.5 Å². The van der Waals surface area contributed by atoms with Gasteiger partial charge in [0, 0.05) is 11.4 Å². The average Bonchev–Trinajstić information content (AvgIpc) is 3.12. The van der Waals surface area contributed by atoms with Crippen molar-refractivity contribution in [1.82, 2.24) is 0 Å². The molecule has 0 aliphatic carbocycles. The van der Waals surface area contributed by atoms with Crippen LogP contribution in [0.5, 0.6) is 23.0 Å². The predicted octanol–water partition coefficient (Wildman–Crippen LogP) is 9.67. The third-order valence-electron chi connectivity index (χ3n) is 7.28. The van der Waals surface area contributed by atoms with Crippen molar-refractivity contribution in [2.75, 3.05) is 26.0 Å². The maximum absolute atomic E-state index is 13.2. The lowest BCUT2D eigenvalue weighted by Gasteiger charge is -2.16. The maximum Gasteiger partial charge on any atom is 0.323 e. The van der Waals surface area contributed by atoms with E-state index in [0.29, 0.717) is 34.4 Å². The van der Waals surface area contributed by atoms with E-state index in [1.165, 1.54) is 30.3 Å². The van der Waals surface area contributed by atoms with Gasteiger partial charge in [-0.3, -0.25) is 4.72 Å². The number of sulfonamides is 1. The van der Waals surface area contributed by atoms with Crippen LogP contribution in [-0.2, 0) is 10.0 Å². The molecule has 12 heteroatoms. The Morgan fingerprint density at radius 3 is 1.39 bits per heavy atom. The van der Waals surface area contributed by atoms with Gasteiger partial charge in [-0.15, -0.1) is 0 Å². The standard InChI is InChI=1S/C39H33N5O6S/c1-27-12-23-35(24-13-27)51(47,48)44-30-18-25-36(42-38(45)40-28-14-19-33(20-15-28)49-31-8-4-2-5-9-31)37(26-30)43-39(46)41-29-16-21-34(22-17-29)50-32-10-6-3-7-11-32/h2-26,44H,1H3,(H2,40,42,45)(H2,41,43,46). The summed E-state index contributed by atoms with van der Waals surface area (Å²) in [5, 5.41) is 10.9. The van der Waals surface area contributed by atoms with Crippen LogP contribution in [0, 0.1) is 6.92 Å². The molecule has 0 heterocycles. The Balaban J connectivity index is 1.16. The molecule has 6 aromatic carbocycles. The molecule has 11 nitrogen and oxygen atoms in total. The second-order valence-corrected chi connectivity index (χ2v) is 12.9. The first-order chi connectivity index (χ1) is 24.7. The van der Waals surface area contributed by atoms with Crippen LogP contribution in [-0.4, -0.2) is 20.5 Å². The molecular formula is C39H33N5O6S. The maximum atomic E-state index is 13.2. The van der Waals surface area contributed by atoms with Gasteiger partial charge in [-0.2, -0.15) is 0 Å². The molecule has 0 radical (unpaired) electrons. The first-order valence-electron chi connectivity index (χ1n) is 15.7. The lowest BCUT2D eigenvalue weighted by atomic mass is 10.2. The minimum atomic E-state index is -3.95. The molecule has 0 saturated heterocycles. The van der Waals surface area contributed by atoms with Gasteiger partial charge in [0.1, 0.15) is 23.0 Å². The van der Waals surface area contributed by atoms with Crippen molar-refractivity contribution in [2.24, 2.45) is 0 Å². The minimum Gasteiger partial charge on any atom is -0.457 e. The lowest BCUT2D eigenvalue weighted by Crippen LogP contribution is -2.23. The Hall–Kier alpha value is -6.79. The Bertz CT molecular complexity index is 2220. The van der Waals surface area contributed by atoms with Crippen LogP contribution in [0.4, 0.5) is 38.0 Å². The van der Waals surface area contributed by atoms with Gasteiger partial charge in [0.25, 0.3) is 10.0 Å². The smallest absolute Gasteiger partial charge is 0.323 e. The summed E-state index contributed by atoms with van der Waals surface area (Å²) >= 11 is 0. The van der Waals surface area contributed by atoms with Gasteiger partial charge in [0.2, 0.25) is 0 Å². The molecule has 0 aliphatic rings. The zero-order valence-corrected chi connectivity index (χ0v) is 28.1. The molecule has 0 aliphatic heterocycles. The molecule has 0 saturated carbocycles. The van der Waals surface area contributed by atoms with Crippen molar-refractivity contribution >= 4 is 50.5 Å².